The van der Waals surface area contributed by atoms with Gasteiger partial charge in [0, 0.05) is 12.5 Å². The van der Waals surface area contributed by atoms with Crippen LogP contribution in [-0.2, 0) is 4.79 Å². The maximum atomic E-state index is 12.4. The van der Waals surface area contributed by atoms with Gasteiger partial charge in [-0.25, -0.2) is 0 Å². The smallest absolute Gasteiger partial charge is 0.224 e. The number of hydrogen-bond donors (Lipinski definition) is 0. The van der Waals surface area contributed by atoms with E-state index in [1.165, 1.54) is 24.0 Å². The van der Waals surface area contributed by atoms with Gasteiger partial charge in [0.15, 0.2) is 0 Å². The fourth-order valence-electron chi connectivity index (χ4n) is 3.60. The molecule has 1 atom stereocenters. The van der Waals surface area contributed by atoms with Crippen LogP contribution in [0.25, 0.3) is 0 Å². The largest absolute Gasteiger partial charge is 0.486 e. The van der Waals surface area contributed by atoms with Crippen LogP contribution in [0.5, 0.6) is 5.75 Å². The third-order valence-corrected chi connectivity index (χ3v) is 5.23. The number of nitrogens with zero attached hydrogens (tertiary/aromatic N) is 2. The molecular formula is C19H28N2O2. The summed E-state index contributed by atoms with van der Waals surface area (Å²) < 4.78 is 6.10. The maximum absolute atomic E-state index is 12.4. The molecule has 2 heterocycles. The molecule has 4 nitrogen and oxygen atoms in total. The molecule has 1 aromatic carbocycles. The van der Waals surface area contributed by atoms with E-state index in [9.17, 15) is 4.79 Å². The van der Waals surface area contributed by atoms with Crippen LogP contribution >= 0.6 is 0 Å². The van der Waals surface area contributed by atoms with Crippen molar-refractivity contribution >= 4 is 5.91 Å². The predicted molar refractivity (Wildman–Crippen MR) is 91.8 cm³/mol. The molecule has 1 unspecified atom stereocenters. The van der Waals surface area contributed by atoms with Gasteiger partial charge in [-0.3, -0.25) is 4.79 Å². The fourth-order valence-corrected chi connectivity index (χ4v) is 3.60. The summed E-state index contributed by atoms with van der Waals surface area (Å²) >= 11 is 0. The van der Waals surface area contributed by atoms with E-state index in [1.807, 2.05) is 4.90 Å². The van der Waals surface area contributed by atoms with Gasteiger partial charge in [0.1, 0.15) is 11.9 Å². The lowest BCUT2D eigenvalue weighted by Crippen LogP contribution is -2.57. The van der Waals surface area contributed by atoms with Crippen molar-refractivity contribution in [1.82, 2.24) is 9.80 Å². The molecule has 2 aliphatic rings. The van der Waals surface area contributed by atoms with Crippen molar-refractivity contribution in [1.29, 1.82) is 0 Å². The van der Waals surface area contributed by atoms with Gasteiger partial charge in [0.2, 0.25) is 5.91 Å². The van der Waals surface area contributed by atoms with Gasteiger partial charge >= 0.3 is 0 Å². The van der Waals surface area contributed by atoms with Gasteiger partial charge in [-0.1, -0.05) is 24.6 Å². The van der Waals surface area contributed by atoms with E-state index in [-0.39, 0.29) is 12.0 Å². The zero-order valence-electron chi connectivity index (χ0n) is 14.5. The molecule has 1 aromatic rings. The number of ether oxygens (including phenoxy) is 1. The van der Waals surface area contributed by atoms with Gasteiger partial charge in [0.05, 0.1) is 13.1 Å². The average Bonchev–Trinajstić information content (AvgIpc) is 2.47. The van der Waals surface area contributed by atoms with Crippen LogP contribution in [-0.4, -0.2) is 54.5 Å². The van der Waals surface area contributed by atoms with E-state index in [0.717, 1.165) is 31.8 Å². The highest BCUT2D eigenvalue weighted by atomic mass is 16.5. The molecule has 0 N–H and O–H groups in total. The Hall–Kier alpha value is -1.55. The molecular weight excluding hydrogens is 288 g/mol. The molecule has 0 aromatic heterocycles. The Morgan fingerprint density at radius 3 is 2.57 bits per heavy atom. The van der Waals surface area contributed by atoms with Crippen LogP contribution in [0.3, 0.4) is 0 Å². The van der Waals surface area contributed by atoms with Crippen molar-refractivity contribution in [2.45, 2.75) is 51.7 Å². The van der Waals surface area contributed by atoms with Crippen molar-refractivity contribution < 1.29 is 9.53 Å². The third kappa shape index (κ3) is 3.69. The number of likely N-dealkylation sites (tertiary alicyclic amines) is 2. The van der Waals surface area contributed by atoms with Crippen molar-refractivity contribution in [3.05, 3.63) is 29.3 Å². The first-order chi connectivity index (χ1) is 11.0. The maximum Gasteiger partial charge on any atom is 0.224 e. The Balaban J connectivity index is 1.48. The second kappa shape index (κ2) is 6.91. The fraction of sp³-hybridized carbons (Fsp3) is 0.632. The van der Waals surface area contributed by atoms with Gasteiger partial charge in [0.25, 0.3) is 0 Å². The molecule has 0 bridgehead atoms. The van der Waals surface area contributed by atoms with Crippen LogP contribution in [0.2, 0.25) is 0 Å². The Labute approximate surface area is 139 Å². The molecule has 3 rings (SSSR count). The minimum Gasteiger partial charge on any atom is -0.486 e. The summed E-state index contributed by atoms with van der Waals surface area (Å²) in [5, 5.41) is 0. The molecule has 2 saturated heterocycles. The molecule has 0 spiro atoms. The molecule has 1 amide bonds. The van der Waals surface area contributed by atoms with E-state index in [4.69, 9.17) is 4.74 Å². The van der Waals surface area contributed by atoms with Crippen LogP contribution in [0.15, 0.2) is 18.2 Å². The minimum absolute atomic E-state index is 0.142. The highest BCUT2D eigenvalue weighted by molar-refractivity contribution is 5.77. The summed E-state index contributed by atoms with van der Waals surface area (Å²) in [6.45, 7) is 6.72. The molecule has 0 radical (unpaired) electrons. The van der Waals surface area contributed by atoms with Crippen molar-refractivity contribution in [3.8, 4) is 5.75 Å². The lowest BCUT2D eigenvalue weighted by atomic mass is 9.98. The molecule has 2 aliphatic heterocycles. The quantitative estimate of drug-likeness (QED) is 0.856. The monoisotopic (exact) mass is 316 g/mol. The second-order valence-corrected chi connectivity index (χ2v) is 7.09. The summed E-state index contributed by atoms with van der Waals surface area (Å²) in [4.78, 5) is 16.7. The van der Waals surface area contributed by atoms with E-state index in [2.05, 4.69) is 44.0 Å². The van der Waals surface area contributed by atoms with E-state index >= 15 is 0 Å². The van der Waals surface area contributed by atoms with E-state index < -0.39 is 0 Å². The number of carbonyl (C=O) groups excluding carboxylic acids is 1. The Kier molecular flexibility index (Phi) is 4.90. The number of hydrogen-bond acceptors (Lipinski definition) is 3. The van der Waals surface area contributed by atoms with Crippen LogP contribution in [0, 0.1) is 13.8 Å². The van der Waals surface area contributed by atoms with E-state index in [1.54, 1.807) is 0 Å². The lowest BCUT2D eigenvalue weighted by Gasteiger charge is -2.41. The number of amides is 1. The van der Waals surface area contributed by atoms with Crippen LogP contribution in [0.1, 0.15) is 36.8 Å². The number of piperidine rings is 1. The topological polar surface area (TPSA) is 32.8 Å². The standard InChI is InChI=1S/C19H28N2O2/c1-14-7-6-8-15(2)19(14)23-17-12-21(13-17)18(22)11-16-9-4-5-10-20(16)3/h6-8,16-17H,4-5,9-13H2,1-3H3. The molecule has 0 saturated carbocycles. The SMILES string of the molecule is Cc1cccc(C)c1OC1CN(C(=O)CC2CCCCN2C)C1. The number of carbonyl (C=O) groups is 1. The van der Waals surface area contributed by atoms with Crippen molar-refractivity contribution in [2.24, 2.45) is 0 Å². The highest BCUT2D eigenvalue weighted by Crippen LogP contribution is 2.27. The highest BCUT2D eigenvalue weighted by Gasteiger charge is 2.34. The summed E-state index contributed by atoms with van der Waals surface area (Å²) in [5.41, 5.74) is 2.33. The predicted octanol–water partition coefficient (Wildman–Crippen LogP) is 2.77. The zero-order valence-corrected chi connectivity index (χ0v) is 14.5. The van der Waals surface area contributed by atoms with Gasteiger partial charge in [-0.2, -0.15) is 0 Å². The summed E-state index contributed by atoms with van der Waals surface area (Å²) in [5.74, 6) is 1.27. The second-order valence-electron chi connectivity index (χ2n) is 7.09. The summed E-state index contributed by atoms with van der Waals surface area (Å²) in [6.07, 6.45) is 4.46. The molecule has 126 valence electrons. The zero-order chi connectivity index (χ0) is 16.4. The summed E-state index contributed by atoms with van der Waals surface area (Å²) in [7, 11) is 2.14. The van der Waals surface area contributed by atoms with E-state index in [0.29, 0.717) is 12.5 Å². The summed E-state index contributed by atoms with van der Waals surface area (Å²) in [6, 6.07) is 6.62. The van der Waals surface area contributed by atoms with Gasteiger partial charge in [-0.15, -0.1) is 0 Å². The van der Waals surface area contributed by atoms with Crippen LogP contribution < -0.4 is 4.74 Å². The third-order valence-electron chi connectivity index (χ3n) is 5.23. The van der Waals surface area contributed by atoms with Crippen LogP contribution in [0.4, 0.5) is 0 Å². The first-order valence-corrected chi connectivity index (χ1v) is 8.75. The van der Waals surface area contributed by atoms with Gasteiger partial charge < -0.3 is 14.5 Å². The number of rotatable bonds is 4. The molecule has 0 aliphatic carbocycles. The average molecular weight is 316 g/mol. The van der Waals surface area contributed by atoms with Crippen molar-refractivity contribution in [2.75, 3.05) is 26.7 Å². The molecule has 2 fully saturated rings. The lowest BCUT2D eigenvalue weighted by molar-refractivity contribution is -0.141. The Bertz CT molecular complexity index is 546. The first-order valence-electron chi connectivity index (χ1n) is 8.75. The number of aryl methyl sites for hydroxylation is 2. The Morgan fingerprint density at radius 2 is 1.91 bits per heavy atom. The van der Waals surface area contributed by atoms with Crippen molar-refractivity contribution in [3.63, 3.8) is 0 Å². The molecule has 4 heteroatoms. The number of para-hydroxylation sites is 1. The number of benzene rings is 1. The van der Waals surface area contributed by atoms with Gasteiger partial charge in [-0.05, 0) is 51.4 Å². The Morgan fingerprint density at radius 1 is 1.22 bits per heavy atom. The minimum atomic E-state index is 0.142. The first kappa shape index (κ1) is 16.3. The molecule has 23 heavy (non-hydrogen) atoms. The normalized spacial score (nSPS) is 22.7.